The Labute approximate surface area is 132 Å². The lowest BCUT2D eigenvalue weighted by Gasteiger charge is -2.12. The van der Waals surface area contributed by atoms with Crippen molar-refractivity contribution in [2.24, 2.45) is 0 Å². The van der Waals surface area contributed by atoms with E-state index in [1.165, 1.54) is 11.3 Å². The summed E-state index contributed by atoms with van der Waals surface area (Å²) in [7, 11) is 4.64. The lowest BCUT2D eigenvalue weighted by molar-refractivity contribution is -0.115. The van der Waals surface area contributed by atoms with Gasteiger partial charge in [-0.3, -0.25) is 4.79 Å². The largest absolute Gasteiger partial charge is 0.493 e. The average molecular weight is 323 g/mol. The van der Waals surface area contributed by atoms with Crippen LogP contribution in [0, 0.1) is 0 Å². The number of carbonyl (C=O) groups is 1. The number of methoxy groups -OCH3 is 3. The molecule has 8 heteroatoms. The quantitative estimate of drug-likeness (QED) is 0.880. The van der Waals surface area contributed by atoms with Crippen LogP contribution in [0.1, 0.15) is 13.3 Å². The third-order valence-corrected chi connectivity index (χ3v) is 3.79. The van der Waals surface area contributed by atoms with Crippen LogP contribution in [-0.4, -0.2) is 37.4 Å². The van der Waals surface area contributed by atoms with E-state index in [0.717, 1.165) is 5.56 Å². The van der Waals surface area contributed by atoms with Crippen molar-refractivity contribution in [3.05, 3.63) is 12.1 Å². The van der Waals surface area contributed by atoms with Crippen molar-refractivity contribution in [2.75, 3.05) is 26.6 Å². The molecule has 0 aliphatic rings. The molecule has 2 aromatic rings. The van der Waals surface area contributed by atoms with Crippen LogP contribution in [0.25, 0.3) is 10.6 Å². The zero-order chi connectivity index (χ0) is 16.1. The molecule has 0 saturated heterocycles. The van der Waals surface area contributed by atoms with Crippen LogP contribution in [-0.2, 0) is 4.79 Å². The second-order valence-electron chi connectivity index (χ2n) is 4.23. The van der Waals surface area contributed by atoms with E-state index < -0.39 is 0 Å². The summed E-state index contributed by atoms with van der Waals surface area (Å²) in [4.78, 5) is 11.4. The van der Waals surface area contributed by atoms with Gasteiger partial charge in [-0.2, -0.15) is 0 Å². The first-order valence-electron chi connectivity index (χ1n) is 6.56. The Balaban J connectivity index is 2.38. The molecule has 0 fully saturated rings. The minimum Gasteiger partial charge on any atom is -0.493 e. The van der Waals surface area contributed by atoms with Crippen molar-refractivity contribution >= 4 is 22.4 Å². The summed E-state index contributed by atoms with van der Waals surface area (Å²) in [5, 5.41) is 11.8. The molecular weight excluding hydrogens is 306 g/mol. The van der Waals surface area contributed by atoms with Crippen LogP contribution in [0.5, 0.6) is 17.2 Å². The lowest BCUT2D eigenvalue weighted by Crippen LogP contribution is -2.08. The summed E-state index contributed by atoms with van der Waals surface area (Å²) in [5.74, 6) is 1.47. The molecule has 118 valence electrons. The van der Waals surface area contributed by atoms with Gasteiger partial charge in [0, 0.05) is 12.0 Å². The number of hydrogen-bond donors (Lipinski definition) is 1. The SMILES string of the molecule is CCC(=O)Nc1nnc(-c2cc(OC)c(OC)c(OC)c2)s1. The molecule has 0 aliphatic carbocycles. The summed E-state index contributed by atoms with van der Waals surface area (Å²) >= 11 is 1.28. The van der Waals surface area contributed by atoms with Crippen molar-refractivity contribution in [2.45, 2.75) is 13.3 Å². The molecule has 1 heterocycles. The van der Waals surface area contributed by atoms with E-state index in [0.29, 0.717) is 33.8 Å². The zero-order valence-electron chi connectivity index (χ0n) is 12.8. The predicted molar refractivity (Wildman–Crippen MR) is 83.9 cm³/mol. The monoisotopic (exact) mass is 323 g/mol. The number of aromatic nitrogens is 2. The minimum absolute atomic E-state index is 0.104. The third-order valence-electron chi connectivity index (χ3n) is 2.90. The van der Waals surface area contributed by atoms with Gasteiger partial charge in [-0.25, -0.2) is 0 Å². The fourth-order valence-corrected chi connectivity index (χ4v) is 2.55. The van der Waals surface area contributed by atoms with Crippen molar-refractivity contribution in [3.8, 4) is 27.8 Å². The maximum Gasteiger partial charge on any atom is 0.225 e. The molecule has 0 aliphatic heterocycles. The van der Waals surface area contributed by atoms with Crippen LogP contribution >= 0.6 is 11.3 Å². The lowest BCUT2D eigenvalue weighted by atomic mass is 10.2. The first kappa shape index (κ1) is 16.0. The number of nitrogens with one attached hydrogen (secondary N) is 1. The molecule has 0 spiro atoms. The standard InChI is InChI=1S/C14H17N3O4S/c1-5-11(18)15-14-17-16-13(22-14)8-6-9(19-2)12(21-4)10(7-8)20-3/h6-7H,5H2,1-4H3,(H,15,17,18). The predicted octanol–water partition coefficient (Wildman–Crippen LogP) is 2.58. The van der Waals surface area contributed by atoms with E-state index in [-0.39, 0.29) is 5.91 Å². The Bertz CT molecular complexity index is 647. The molecule has 1 aromatic heterocycles. The summed E-state index contributed by atoms with van der Waals surface area (Å²) in [6.45, 7) is 1.77. The summed E-state index contributed by atoms with van der Waals surface area (Å²) in [6, 6.07) is 3.57. The number of nitrogens with zero attached hydrogens (tertiary/aromatic N) is 2. The van der Waals surface area contributed by atoms with E-state index in [9.17, 15) is 4.79 Å². The van der Waals surface area contributed by atoms with Crippen LogP contribution in [0.4, 0.5) is 5.13 Å². The highest BCUT2D eigenvalue weighted by Gasteiger charge is 2.16. The van der Waals surface area contributed by atoms with Crippen molar-refractivity contribution < 1.29 is 19.0 Å². The summed E-state index contributed by atoms with van der Waals surface area (Å²) < 4.78 is 15.9. The van der Waals surface area contributed by atoms with E-state index in [4.69, 9.17) is 14.2 Å². The van der Waals surface area contributed by atoms with E-state index >= 15 is 0 Å². The number of amides is 1. The second-order valence-corrected chi connectivity index (χ2v) is 5.21. The fraction of sp³-hybridized carbons (Fsp3) is 0.357. The van der Waals surface area contributed by atoms with E-state index in [1.54, 1.807) is 40.4 Å². The molecule has 0 atom stereocenters. The van der Waals surface area contributed by atoms with Crippen LogP contribution in [0.15, 0.2) is 12.1 Å². The van der Waals surface area contributed by atoms with Gasteiger partial charge in [0.15, 0.2) is 11.5 Å². The first-order valence-corrected chi connectivity index (χ1v) is 7.38. The maximum atomic E-state index is 11.4. The van der Waals surface area contributed by atoms with E-state index in [2.05, 4.69) is 15.5 Å². The van der Waals surface area contributed by atoms with Crippen LogP contribution < -0.4 is 19.5 Å². The molecule has 1 aromatic carbocycles. The number of ether oxygens (including phenoxy) is 3. The zero-order valence-corrected chi connectivity index (χ0v) is 13.6. The van der Waals surface area contributed by atoms with Crippen molar-refractivity contribution in [3.63, 3.8) is 0 Å². The van der Waals surface area contributed by atoms with Crippen molar-refractivity contribution in [1.29, 1.82) is 0 Å². The van der Waals surface area contributed by atoms with Crippen molar-refractivity contribution in [1.82, 2.24) is 10.2 Å². The number of carbonyl (C=O) groups excluding carboxylic acids is 1. The Morgan fingerprint density at radius 3 is 2.27 bits per heavy atom. The van der Waals surface area contributed by atoms with Crippen LogP contribution in [0.2, 0.25) is 0 Å². The van der Waals surface area contributed by atoms with E-state index in [1.807, 2.05) is 0 Å². The highest BCUT2D eigenvalue weighted by Crippen LogP contribution is 2.42. The van der Waals surface area contributed by atoms with Gasteiger partial charge >= 0.3 is 0 Å². The fourth-order valence-electron chi connectivity index (χ4n) is 1.80. The average Bonchev–Trinajstić information content (AvgIpc) is 3.01. The molecule has 7 nitrogen and oxygen atoms in total. The van der Waals surface area contributed by atoms with Gasteiger partial charge in [-0.05, 0) is 12.1 Å². The molecule has 0 saturated carbocycles. The van der Waals surface area contributed by atoms with Gasteiger partial charge in [-0.15, -0.1) is 10.2 Å². The van der Waals surface area contributed by atoms with Gasteiger partial charge in [0.2, 0.25) is 16.8 Å². The Morgan fingerprint density at radius 2 is 1.77 bits per heavy atom. The van der Waals surface area contributed by atoms with Gasteiger partial charge in [-0.1, -0.05) is 18.3 Å². The van der Waals surface area contributed by atoms with Gasteiger partial charge in [0.1, 0.15) is 5.01 Å². The Kier molecular flexibility index (Phi) is 5.16. The highest BCUT2D eigenvalue weighted by molar-refractivity contribution is 7.18. The Hall–Kier alpha value is -2.35. The summed E-state index contributed by atoms with van der Waals surface area (Å²) in [5.41, 5.74) is 0.768. The van der Waals surface area contributed by atoms with Gasteiger partial charge in [0.05, 0.1) is 21.3 Å². The van der Waals surface area contributed by atoms with Gasteiger partial charge in [0.25, 0.3) is 0 Å². The molecule has 0 bridgehead atoms. The number of benzene rings is 1. The highest BCUT2D eigenvalue weighted by atomic mass is 32.1. The second kappa shape index (κ2) is 7.08. The molecular formula is C14H17N3O4S. The molecule has 0 unspecified atom stereocenters. The number of anilines is 1. The number of rotatable bonds is 6. The van der Waals surface area contributed by atoms with Gasteiger partial charge < -0.3 is 19.5 Å². The molecule has 2 rings (SSSR count). The Morgan fingerprint density at radius 1 is 1.14 bits per heavy atom. The smallest absolute Gasteiger partial charge is 0.225 e. The normalized spacial score (nSPS) is 10.2. The molecule has 1 N–H and O–H groups in total. The molecule has 22 heavy (non-hydrogen) atoms. The molecule has 1 amide bonds. The topological polar surface area (TPSA) is 82.6 Å². The maximum absolute atomic E-state index is 11.4. The summed E-state index contributed by atoms with van der Waals surface area (Å²) in [6.07, 6.45) is 0.388. The minimum atomic E-state index is -0.104. The third kappa shape index (κ3) is 3.28. The first-order chi connectivity index (χ1) is 10.6. The molecule has 0 radical (unpaired) electrons. The van der Waals surface area contributed by atoms with Crippen LogP contribution in [0.3, 0.4) is 0 Å². The number of hydrogen-bond acceptors (Lipinski definition) is 7.